The molecule has 0 saturated heterocycles. The van der Waals surface area contributed by atoms with E-state index < -0.39 is 0 Å². The summed E-state index contributed by atoms with van der Waals surface area (Å²) < 4.78 is 5.15. The Morgan fingerprint density at radius 1 is 1.19 bits per heavy atom. The van der Waals surface area contributed by atoms with Gasteiger partial charge in [0.1, 0.15) is 0 Å². The first-order valence-electron chi connectivity index (χ1n) is 6.64. The number of rotatable bonds is 10. The Morgan fingerprint density at radius 2 is 1.88 bits per heavy atom. The van der Waals surface area contributed by atoms with Crippen LogP contribution in [0.25, 0.3) is 0 Å². The van der Waals surface area contributed by atoms with E-state index in [0.29, 0.717) is 12.1 Å². The van der Waals surface area contributed by atoms with Gasteiger partial charge in [0.15, 0.2) is 0 Å². The smallest absolute Gasteiger partial charge is 0.0589 e. The van der Waals surface area contributed by atoms with Crippen LogP contribution in [-0.2, 0) is 4.74 Å². The molecule has 0 aromatic heterocycles. The molecule has 0 fully saturated rings. The highest BCUT2D eigenvalue weighted by molar-refractivity contribution is 4.67. The number of hydrogen-bond donors (Lipinski definition) is 1. The highest BCUT2D eigenvalue weighted by Gasteiger charge is 2.11. The Bertz CT molecular complexity index is 153. The molecule has 0 spiro atoms. The van der Waals surface area contributed by atoms with Crippen LogP contribution in [-0.4, -0.2) is 43.8 Å². The topological polar surface area (TPSA) is 38.5 Å². The lowest BCUT2D eigenvalue weighted by molar-refractivity contribution is 0.121. The van der Waals surface area contributed by atoms with Gasteiger partial charge in [0.05, 0.1) is 6.61 Å². The van der Waals surface area contributed by atoms with Gasteiger partial charge in [-0.2, -0.15) is 0 Å². The number of hydrogen-bond acceptors (Lipinski definition) is 3. The molecule has 3 heteroatoms. The van der Waals surface area contributed by atoms with E-state index in [0.717, 1.165) is 32.5 Å². The van der Waals surface area contributed by atoms with Crippen molar-refractivity contribution in [3.8, 4) is 0 Å². The molecular formula is C13H30N2O. The van der Waals surface area contributed by atoms with Crippen molar-refractivity contribution in [3.05, 3.63) is 0 Å². The molecule has 0 bridgehead atoms. The zero-order valence-corrected chi connectivity index (χ0v) is 11.5. The number of nitrogens with zero attached hydrogens (tertiary/aromatic N) is 1. The van der Waals surface area contributed by atoms with Gasteiger partial charge in [-0.3, -0.25) is 4.90 Å². The van der Waals surface area contributed by atoms with Gasteiger partial charge in [0.25, 0.3) is 0 Å². The normalized spacial score (nSPS) is 15.4. The Kier molecular flexibility index (Phi) is 9.99. The maximum atomic E-state index is 5.92. The van der Waals surface area contributed by atoms with Gasteiger partial charge >= 0.3 is 0 Å². The number of ether oxygens (including phenoxy) is 1. The first-order chi connectivity index (χ1) is 7.65. The zero-order valence-electron chi connectivity index (χ0n) is 11.5. The Morgan fingerprint density at radius 3 is 2.38 bits per heavy atom. The van der Waals surface area contributed by atoms with E-state index in [2.05, 4.69) is 25.7 Å². The summed E-state index contributed by atoms with van der Waals surface area (Å²) in [5.41, 5.74) is 5.92. The third-order valence-electron chi connectivity index (χ3n) is 3.34. The molecule has 2 atom stereocenters. The fraction of sp³-hybridized carbons (Fsp3) is 1.00. The summed E-state index contributed by atoms with van der Waals surface area (Å²) in [6.45, 7) is 9.68. The molecule has 2 unspecified atom stereocenters. The predicted octanol–water partition coefficient (Wildman–Crippen LogP) is 2.25. The Hall–Kier alpha value is -0.120. The molecule has 0 rings (SSSR count). The summed E-state index contributed by atoms with van der Waals surface area (Å²) in [5.74, 6) is 0. The van der Waals surface area contributed by atoms with Crippen molar-refractivity contribution in [3.63, 3.8) is 0 Å². The van der Waals surface area contributed by atoms with Crippen molar-refractivity contribution in [1.29, 1.82) is 0 Å². The third-order valence-corrected chi connectivity index (χ3v) is 3.34. The molecule has 0 heterocycles. The Labute approximate surface area is 101 Å². The largest absolute Gasteiger partial charge is 0.383 e. The SMILES string of the molecule is CCC(N)CCCN(CCOC)C(C)CC. The highest BCUT2D eigenvalue weighted by atomic mass is 16.5. The minimum atomic E-state index is 0.376. The molecular weight excluding hydrogens is 200 g/mol. The average molecular weight is 230 g/mol. The molecule has 0 saturated carbocycles. The van der Waals surface area contributed by atoms with Crippen LogP contribution in [0.4, 0.5) is 0 Å². The van der Waals surface area contributed by atoms with E-state index >= 15 is 0 Å². The van der Waals surface area contributed by atoms with Crippen molar-refractivity contribution in [2.75, 3.05) is 26.8 Å². The second kappa shape index (κ2) is 10.1. The van der Waals surface area contributed by atoms with E-state index in [9.17, 15) is 0 Å². The van der Waals surface area contributed by atoms with Crippen LogP contribution in [0.3, 0.4) is 0 Å². The molecule has 0 aliphatic carbocycles. The zero-order chi connectivity index (χ0) is 12.4. The molecule has 3 nitrogen and oxygen atoms in total. The maximum absolute atomic E-state index is 5.92. The summed E-state index contributed by atoms with van der Waals surface area (Å²) in [7, 11) is 1.77. The van der Waals surface area contributed by atoms with Gasteiger partial charge in [0.2, 0.25) is 0 Å². The lowest BCUT2D eigenvalue weighted by Crippen LogP contribution is -2.36. The van der Waals surface area contributed by atoms with Gasteiger partial charge in [0, 0.05) is 25.7 Å². The van der Waals surface area contributed by atoms with Gasteiger partial charge in [-0.15, -0.1) is 0 Å². The van der Waals surface area contributed by atoms with Crippen LogP contribution >= 0.6 is 0 Å². The standard InChI is InChI=1S/C13H30N2O/c1-5-12(3)15(10-11-16-4)9-7-8-13(14)6-2/h12-13H,5-11,14H2,1-4H3. The lowest BCUT2D eigenvalue weighted by Gasteiger charge is -2.28. The second-order valence-corrected chi connectivity index (χ2v) is 4.60. The maximum Gasteiger partial charge on any atom is 0.0589 e. The Balaban J connectivity index is 3.82. The third kappa shape index (κ3) is 7.20. The van der Waals surface area contributed by atoms with E-state index in [1.54, 1.807) is 7.11 Å². The summed E-state index contributed by atoms with van der Waals surface area (Å²) in [4.78, 5) is 2.51. The first kappa shape index (κ1) is 15.9. The summed E-state index contributed by atoms with van der Waals surface area (Å²) in [6.07, 6.45) is 4.62. The van der Waals surface area contributed by atoms with E-state index in [1.165, 1.54) is 12.8 Å². The van der Waals surface area contributed by atoms with Gasteiger partial charge < -0.3 is 10.5 Å². The fourth-order valence-electron chi connectivity index (χ4n) is 1.78. The van der Waals surface area contributed by atoms with Crippen LogP contribution in [0, 0.1) is 0 Å². The van der Waals surface area contributed by atoms with Crippen LogP contribution in [0.15, 0.2) is 0 Å². The summed E-state index contributed by atoms with van der Waals surface area (Å²) in [5, 5.41) is 0. The molecule has 0 aromatic carbocycles. The van der Waals surface area contributed by atoms with E-state index in [1.807, 2.05) is 0 Å². The quantitative estimate of drug-likeness (QED) is 0.625. The van der Waals surface area contributed by atoms with Crippen LogP contribution in [0.2, 0.25) is 0 Å². The lowest BCUT2D eigenvalue weighted by atomic mass is 10.1. The van der Waals surface area contributed by atoms with Gasteiger partial charge in [-0.05, 0) is 39.2 Å². The monoisotopic (exact) mass is 230 g/mol. The minimum Gasteiger partial charge on any atom is -0.383 e. The molecule has 0 aliphatic rings. The van der Waals surface area contributed by atoms with Gasteiger partial charge in [-0.1, -0.05) is 13.8 Å². The van der Waals surface area contributed by atoms with E-state index in [-0.39, 0.29) is 0 Å². The average Bonchev–Trinajstić information content (AvgIpc) is 2.32. The van der Waals surface area contributed by atoms with Crippen LogP contribution in [0.5, 0.6) is 0 Å². The predicted molar refractivity (Wildman–Crippen MR) is 70.7 cm³/mol. The fourth-order valence-corrected chi connectivity index (χ4v) is 1.78. The van der Waals surface area contributed by atoms with E-state index in [4.69, 9.17) is 10.5 Å². The van der Waals surface area contributed by atoms with Crippen molar-refractivity contribution >= 4 is 0 Å². The van der Waals surface area contributed by atoms with Crippen molar-refractivity contribution in [2.45, 2.75) is 58.5 Å². The highest BCUT2D eigenvalue weighted by Crippen LogP contribution is 2.07. The van der Waals surface area contributed by atoms with Crippen molar-refractivity contribution < 1.29 is 4.74 Å². The van der Waals surface area contributed by atoms with Crippen LogP contribution in [0.1, 0.15) is 46.5 Å². The van der Waals surface area contributed by atoms with Gasteiger partial charge in [-0.25, -0.2) is 0 Å². The molecule has 0 aliphatic heterocycles. The second-order valence-electron chi connectivity index (χ2n) is 4.60. The first-order valence-corrected chi connectivity index (χ1v) is 6.64. The molecule has 16 heavy (non-hydrogen) atoms. The molecule has 0 amide bonds. The number of methoxy groups -OCH3 is 1. The van der Waals surface area contributed by atoms with Crippen molar-refractivity contribution in [1.82, 2.24) is 4.90 Å². The van der Waals surface area contributed by atoms with Crippen molar-refractivity contribution in [2.24, 2.45) is 5.73 Å². The number of nitrogens with two attached hydrogens (primary N) is 1. The molecule has 98 valence electrons. The molecule has 0 radical (unpaired) electrons. The molecule has 2 N–H and O–H groups in total. The van der Waals surface area contributed by atoms with Crippen LogP contribution < -0.4 is 5.73 Å². The molecule has 0 aromatic rings. The minimum absolute atomic E-state index is 0.376. The summed E-state index contributed by atoms with van der Waals surface area (Å²) >= 11 is 0. The summed E-state index contributed by atoms with van der Waals surface area (Å²) in [6, 6.07) is 1.02.